The van der Waals surface area contributed by atoms with E-state index in [0.717, 1.165) is 18.4 Å². The van der Waals surface area contributed by atoms with Gasteiger partial charge in [0, 0.05) is 12.5 Å². The van der Waals surface area contributed by atoms with Crippen molar-refractivity contribution in [3.8, 4) is 5.75 Å². The molecule has 1 rings (SSSR count). The smallest absolute Gasteiger partial charge is 0.310 e. The lowest BCUT2D eigenvalue weighted by atomic mass is 10.0. The second-order valence-electron chi connectivity index (χ2n) is 3.79. The molecule has 0 saturated carbocycles. The molecule has 0 spiro atoms. The molecule has 0 bridgehead atoms. The first-order valence-corrected chi connectivity index (χ1v) is 5.73. The van der Waals surface area contributed by atoms with Gasteiger partial charge in [0.05, 0.1) is 0 Å². The molecule has 3 nitrogen and oxygen atoms in total. The maximum Gasteiger partial charge on any atom is 0.310 e. The molecule has 0 amide bonds. The van der Waals surface area contributed by atoms with Crippen molar-refractivity contribution in [1.29, 1.82) is 0 Å². The molecule has 0 aromatic heterocycles. The number of carbonyl (C=O) groups excluding carboxylic acids is 1. The van der Waals surface area contributed by atoms with Crippen molar-refractivity contribution in [1.82, 2.24) is 0 Å². The highest BCUT2D eigenvalue weighted by atomic mass is 16.5. The van der Waals surface area contributed by atoms with Crippen molar-refractivity contribution in [2.24, 2.45) is 5.73 Å². The van der Waals surface area contributed by atoms with Crippen LogP contribution in [0.15, 0.2) is 24.3 Å². The van der Waals surface area contributed by atoms with E-state index in [0.29, 0.717) is 12.2 Å². The number of carbonyl (C=O) groups is 1. The van der Waals surface area contributed by atoms with Crippen LogP contribution in [0.25, 0.3) is 0 Å². The number of ether oxygens (including phenoxy) is 1. The van der Waals surface area contributed by atoms with E-state index in [1.54, 1.807) is 19.1 Å². The van der Waals surface area contributed by atoms with Gasteiger partial charge < -0.3 is 10.5 Å². The van der Waals surface area contributed by atoms with Gasteiger partial charge in [-0.05, 0) is 24.1 Å². The summed E-state index contributed by atoms with van der Waals surface area (Å²) >= 11 is 0. The number of hydrogen-bond donors (Lipinski definition) is 1. The fourth-order valence-corrected chi connectivity index (χ4v) is 1.46. The first-order chi connectivity index (χ1) is 7.67. The van der Waals surface area contributed by atoms with E-state index in [-0.39, 0.29) is 12.0 Å². The van der Waals surface area contributed by atoms with E-state index in [1.165, 1.54) is 0 Å². The van der Waals surface area contributed by atoms with E-state index in [9.17, 15) is 4.79 Å². The summed E-state index contributed by atoms with van der Waals surface area (Å²) in [5.41, 5.74) is 7.06. The number of esters is 1. The van der Waals surface area contributed by atoms with Gasteiger partial charge >= 0.3 is 5.97 Å². The Balaban J connectivity index is 2.64. The summed E-state index contributed by atoms with van der Waals surface area (Å²) in [5, 5.41) is 0. The number of rotatable bonds is 5. The molecule has 2 N–H and O–H groups in total. The van der Waals surface area contributed by atoms with Gasteiger partial charge in [0.2, 0.25) is 0 Å². The van der Waals surface area contributed by atoms with Gasteiger partial charge in [0.15, 0.2) is 0 Å². The topological polar surface area (TPSA) is 52.3 Å². The molecule has 0 aliphatic rings. The first-order valence-electron chi connectivity index (χ1n) is 5.73. The van der Waals surface area contributed by atoms with Gasteiger partial charge in [-0.1, -0.05) is 32.4 Å². The molecule has 0 aliphatic heterocycles. The summed E-state index contributed by atoms with van der Waals surface area (Å²) in [6.07, 6.45) is 2.42. The van der Waals surface area contributed by atoms with Crippen LogP contribution in [-0.2, 0) is 4.79 Å². The van der Waals surface area contributed by atoms with Crippen molar-refractivity contribution >= 4 is 5.97 Å². The molecule has 0 fully saturated rings. The normalized spacial score (nSPS) is 12.2. The molecule has 0 saturated heterocycles. The molecule has 88 valence electrons. The van der Waals surface area contributed by atoms with E-state index < -0.39 is 0 Å². The lowest BCUT2D eigenvalue weighted by Crippen LogP contribution is -2.10. The minimum absolute atomic E-state index is 0.0703. The summed E-state index contributed by atoms with van der Waals surface area (Å²) in [6.45, 7) is 3.88. The maximum atomic E-state index is 11.1. The summed E-state index contributed by atoms with van der Waals surface area (Å²) in [4.78, 5) is 11.1. The molecular weight excluding hydrogens is 202 g/mol. The van der Waals surface area contributed by atoms with Crippen molar-refractivity contribution in [3.63, 3.8) is 0 Å². The van der Waals surface area contributed by atoms with Gasteiger partial charge in [-0.2, -0.15) is 0 Å². The summed E-state index contributed by atoms with van der Waals surface area (Å²) in [7, 11) is 0. The van der Waals surface area contributed by atoms with Crippen LogP contribution in [0, 0.1) is 0 Å². The molecule has 0 radical (unpaired) electrons. The highest BCUT2D eigenvalue weighted by molar-refractivity contribution is 5.71. The Morgan fingerprint density at radius 1 is 1.31 bits per heavy atom. The van der Waals surface area contributed by atoms with Crippen LogP contribution in [0.1, 0.15) is 44.7 Å². The summed E-state index contributed by atoms with van der Waals surface area (Å²) in [6, 6.07) is 7.48. The maximum absolute atomic E-state index is 11.1. The van der Waals surface area contributed by atoms with Crippen LogP contribution in [0.4, 0.5) is 0 Å². The molecule has 16 heavy (non-hydrogen) atoms. The lowest BCUT2D eigenvalue weighted by molar-refractivity contribution is -0.134. The third kappa shape index (κ3) is 3.66. The monoisotopic (exact) mass is 221 g/mol. The average Bonchev–Trinajstić information content (AvgIpc) is 2.30. The SMILES string of the molecule is CCCC(N)c1ccc(OC(=O)CC)cc1. The lowest BCUT2D eigenvalue weighted by Gasteiger charge is -2.11. The average molecular weight is 221 g/mol. The standard InChI is InChI=1S/C13H19NO2/c1-3-5-12(14)10-6-8-11(9-7-10)16-13(15)4-2/h6-9,12H,3-5,14H2,1-2H3. The van der Waals surface area contributed by atoms with Crippen molar-refractivity contribution in [2.45, 2.75) is 39.2 Å². The van der Waals surface area contributed by atoms with E-state index in [1.807, 2.05) is 12.1 Å². The van der Waals surface area contributed by atoms with Crippen LogP contribution < -0.4 is 10.5 Å². The molecule has 1 atom stereocenters. The van der Waals surface area contributed by atoms with Crippen molar-refractivity contribution in [3.05, 3.63) is 29.8 Å². The Morgan fingerprint density at radius 2 is 1.94 bits per heavy atom. The van der Waals surface area contributed by atoms with E-state index in [2.05, 4.69) is 6.92 Å². The second kappa shape index (κ2) is 6.28. The fraction of sp³-hybridized carbons (Fsp3) is 0.462. The largest absolute Gasteiger partial charge is 0.427 e. The Morgan fingerprint density at radius 3 is 2.44 bits per heavy atom. The molecule has 3 heteroatoms. The molecule has 0 aliphatic carbocycles. The van der Waals surface area contributed by atoms with Crippen LogP contribution in [-0.4, -0.2) is 5.97 Å². The Kier molecular flexibility index (Phi) is 4.99. The number of nitrogens with two attached hydrogens (primary N) is 1. The molecule has 1 unspecified atom stereocenters. The van der Waals surface area contributed by atoms with Gasteiger partial charge in [-0.25, -0.2) is 0 Å². The van der Waals surface area contributed by atoms with E-state index >= 15 is 0 Å². The van der Waals surface area contributed by atoms with Crippen molar-refractivity contribution < 1.29 is 9.53 Å². The number of hydrogen-bond acceptors (Lipinski definition) is 3. The number of benzene rings is 1. The highest BCUT2D eigenvalue weighted by Crippen LogP contribution is 2.19. The molecule has 1 aromatic carbocycles. The minimum Gasteiger partial charge on any atom is -0.427 e. The van der Waals surface area contributed by atoms with Gasteiger partial charge in [-0.3, -0.25) is 4.79 Å². The Labute approximate surface area is 96.6 Å². The van der Waals surface area contributed by atoms with Crippen LogP contribution in [0.3, 0.4) is 0 Å². The molecular formula is C13H19NO2. The third-order valence-electron chi connectivity index (χ3n) is 2.43. The molecule has 1 aromatic rings. The fourth-order valence-electron chi connectivity index (χ4n) is 1.46. The summed E-state index contributed by atoms with van der Waals surface area (Å²) in [5.74, 6) is 0.366. The minimum atomic E-state index is -0.217. The van der Waals surface area contributed by atoms with Crippen LogP contribution in [0.2, 0.25) is 0 Å². The molecule has 0 heterocycles. The van der Waals surface area contributed by atoms with Gasteiger partial charge in [-0.15, -0.1) is 0 Å². The Bertz CT molecular complexity index is 332. The Hall–Kier alpha value is -1.35. The van der Waals surface area contributed by atoms with Gasteiger partial charge in [0.25, 0.3) is 0 Å². The predicted molar refractivity (Wildman–Crippen MR) is 64.2 cm³/mol. The quantitative estimate of drug-likeness (QED) is 0.614. The summed E-state index contributed by atoms with van der Waals surface area (Å²) < 4.78 is 5.08. The zero-order valence-corrected chi connectivity index (χ0v) is 9.90. The van der Waals surface area contributed by atoms with Crippen molar-refractivity contribution in [2.75, 3.05) is 0 Å². The highest BCUT2D eigenvalue weighted by Gasteiger charge is 2.06. The van der Waals surface area contributed by atoms with Crippen LogP contribution >= 0.6 is 0 Å². The van der Waals surface area contributed by atoms with Gasteiger partial charge in [0.1, 0.15) is 5.75 Å². The zero-order chi connectivity index (χ0) is 12.0. The zero-order valence-electron chi connectivity index (χ0n) is 9.90. The second-order valence-corrected chi connectivity index (χ2v) is 3.79. The first kappa shape index (κ1) is 12.7. The third-order valence-corrected chi connectivity index (χ3v) is 2.43. The van der Waals surface area contributed by atoms with Crippen LogP contribution in [0.5, 0.6) is 5.75 Å². The van der Waals surface area contributed by atoms with E-state index in [4.69, 9.17) is 10.5 Å². The predicted octanol–water partition coefficient (Wildman–Crippen LogP) is 2.80.